The lowest BCUT2D eigenvalue weighted by Gasteiger charge is -2.10. The van der Waals surface area contributed by atoms with Crippen molar-refractivity contribution in [1.29, 1.82) is 0 Å². The van der Waals surface area contributed by atoms with Crippen LogP contribution in [0.1, 0.15) is 12.5 Å². The van der Waals surface area contributed by atoms with E-state index in [2.05, 4.69) is 15.0 Å². The van der Waals surface area contributed by atoms with Gasteiger partial charge >= 0.3 is 0 Å². The maximum absolute atomic E-state index is 11.6. The number of H-pyrrole nitrogens is 1. The molecule has 2 aromatic heterocycles. The minimum absolute atomic E-state index is 0.0978. The van der Waals surface area contributed by atoms with E-state index >= 15 is 0 Å². The molecule has 1 aliphatic rings. The highest BCUT2D eigenvalue weighted by Gasteiger charge is 2.31. The first-order chi connectivity index (χ1) is 9.02. The van der Waals surface area contributed by atoms with Crippen molar-refractivity contribution in [2.45, 2.75) is 12.5 Å². The number of hydrogen-bond acceptors (Lipinski definition) is 6. The Hall–Kier alpha value is -1.48. The van der Waals surface area contributed by atoms with Gasteiger partial charge in [0.05, 0.1) is 24.7 Å². The fourth-order valence-corrected chi connectivity index (χ4v) is 4.43. The van der Waals surface area contributed by atoms with E-state index in [1.165, 1.54) is 13.4 Å². The van der Waals surface area contributed by atoms with E-state index in [9.17, 15) is 8.42 Å². The van der Waals surface area contributed by atoms with E-state index in [1.807, 2.05) is 0 Å². The second kappa shape index (κ2) is 4.27. The van der Waals surface area contributed by atoms with Gasteiger partial charge in [0.1, 0.15) is 11.8 Å². The average Bonchev–Trinajstić information content (AvgIpc) is 2.87. The summed E-state index contributed by atoms with van der Waals surface area (Å²) in [4.78, 5) is 11.2. The molecule has 0 radical (unpaired) electrons. The van der Waals surface area contributed by atoms with Gasteiger partial charge in [-0.3, -0.25) is 4.57 Å². The van der Waals surface area contributed by atoms with Crippen molar-refractivity contribution in [1.82, 2.24) is 19.5 Å². The van der Waals surface area contributed by atoms with Gasteiger partial charge in [0.25, 0.3) is 0 Å². The van der Waals surface area contributed by atoms with E-state index in [4.69, 9.17) is 17.0 Å². The summed E-state index contributed by atoms with van der Waals surface area (Å²) < 4.78 is 30.5. The molecule has 2 aromatic rings. The molecule has 0 aliphatic carbocycles. The van der Waals surface area contributed by atoms with Crippen molar-refractivity contribution in [3.05, 3.63) is 11.1 Å². The lowest BCUT2D eigenvalue weighted by atomic mass is 10.2. The Morgan fingerprint density at radius 2 is 2.32 bits per heavy atom. The Bertz CT molecular complexity index is 793. The van der Waals surface area contributed by atoms with Gasteiger partial charge in [-0.2, -0.15) is 4.98 Å². The molecule has 3 heterocycles. The fraction of sp³-hybridized carbons (Fsp3) is 0.500. The minimum Gasteiger partial charge on any atom is -0.479 e. The molecule has 102 valence electrons. The summed E-state index contributed by atoms with van der Waals surface area (Å²) in [6, 6.07) is -0.175. The quantitative estimate of drug-likeness (QED) is 0.827. The summed E-state index contributed by atoms with van der Waals surface area (Å²) in [6.07, 6.45) is 1.93. The highest BCUT2D eigenvalue weighted by Crippen LogP contribution is 2.29. The van der Waals surface area contributed by atoms with Gasteiger partial charge in [-0.05, 0) is 18.6 Å². The zero-order chi connectivity index (χ0) is 13.6. The first-order valence-corrected chi connectivity index (χ1v) is 7.94. The van der Waals surface area contributed by atoms with Gasteiger partial charge in [-0.15, -0.1) is 0 Å². The first kappa shape index (κ1) is 12.5. The van der Waals surface area contributed by atoms with Crippen LogP contribution in [0.5, 0.6) is 5.88 Å². The molecule has 0 bridgehead atoms. The Balaban J connectivity index is 2.20. The van der Waals surface area contributed by atoms with Gasteiger partial charge < -0.3 is 9.72 Å². The molecule has 0 amide bonds. The van der Waals surface area contributed by atoms with E-state index in [0.717, 1.165) is 0 Å². The van der Waals surface area contributed by atoms with Crippen LogP contribution in [0, 0.1) is 4.77 Å². The third-order valence-corrected chi connectivity index (χ3v) is 5.29. The lowest BCUT2D eigenvalue weighted by molar-refractivity contribution is 0.401. The number of aromatic nitrogens is 4. The number of sulfone groups is 1. The summed E-state index contributed by atoms with van der Waals surface area (Å²) in [5, 5.41) is 0. The zero-order valence-electron chi connectivity index (χ0n) is 10.2. The first-order valence-electron chi connectivity index (χ1n) is 5.71. The van der Waals surface area contributed by atoms with Crippen LogP contribution in [0.25, 0.3) is 11.2 Å². The molecule has 0 aromatic carbocycles. The number of nitrogens with zero attached hydrogens (tertiary/aromatic N) is 3. The Morgan fingerprint density at radius 1 is 1.53 bits per heavy atom. The van der Waals surface area contributed by atoms with Gasteiger partial charge in [-0.1, -0.05) is 0 Å². The second-order valence-electron chi connectivity index (χ2n) is 4.44. The maximum atomic E-state index is 11.6. The Kier molecular flexibility index (Phi) is 2.82. The highest BCUT2D eigenvalue weighted by atomic mass is 32.2. The summed E-state index contributed by atoms with van der Waals surface area (Å²) in [6.45, 7) is 0. The maximum Gasteiger partial charge on any atom is 0.242 e. The summed E-state index contributed by atoms with van der Waals surface area (Å²) in [5.41, 5.74) is 1.18. The van der Waals surface area contributed by atoms with Gasteiger partial charge in [-0.25, -0.2) is 13.4 Å². The van der Waals surface area contributed by atoms with Crippen LogP contribution >= 0.6 is 12.2 Å². The Morgan fingerprint density at radius 3 is 2.95 bits per heavy atom. The topological polar surface area (TPSA) is 89.9 Å². The van der Waals surface area contributed by atoms with Crippen LogP contribution in [0.15, 0.2) is 6.33 Å². The highest BCUT2D eigenvalue weighted by molar-refractivity contribution is 7.91. The number of methoxy groups -OCH3 is 1. The molecule has 9 heteroatoms. The molecule has 1 aliphatic heterocycles. The number of rotatable bonds is 2. The molecule has 1 saturated heterocycles. The van der Waals surface area contributed by atoms with Gasteiger partial charge in [0, 0.05) is 0 Å². The lowest BCUT2D eigenvalue weighted by Crippen LogP contribution is -2.11. The molecule has 0 spiro atoms. The number of fused-ring (bicyclic) bond motifs is 1. The number of imidazole rings is 1. The predicted octanol–water partition coefficient (Wildman–Crippen LogP) is 0.857. The number of ether oxygens (including phenoxy) is 1. The molecule has 7 nitrogen and oxygen atoms in total. The average molecular weight is 300 g/mol. The van der Waals surface area contributed by atoms with E-state index < -0.39 is 9.84 Å². The molecule has 0 saturated carbocycles. The summed E-state index contributed by atoms with van der Waals surface area (Å²) in [7, 11) is -1.47. The number of aromatic amines is 1. The van der Waals surface area contributed by atoms with Crippen LogP contribution in [-0.2, 0) is 9.84 Å². The van der Waals surface area contributed by atoms with Crippen molar-refractivity contribution >= 4 is 33.2 Å². The SMILES string of the molecule is COc1ncnc2c1[nH]c(=S)n2C1CCS(=O)(=O)C1. The van der Waals surface area contributed by atoms with E-state index in [-0.39, 0.29) is 17.5 Å². The fourth-order valence-electron chi connectivity index (χ4n) is 2.39. The third-order valence-electron chi connectivity index (χ3n) is 3.24. The van der Waals surface area contributed by atoms with E-state index in [0.29, 0.717) is 28.2 Å². The van der Waals surface area contributed by atoms with Gasteiger partial charge in [0.15, 0.2) is 20.3 Å². The smallest absolute Gasteiger partial charge is 0.242 e. The Labute approximate surface area is 114 Å². The largest absolute Gasteiger partial charge is 0.479 e. The molecule has 3 rings (SSSR count). The predicted molar refractivity (Wildman–Crippen MR) is 71.6 cm³/mol. The normalized spacial score (nSPS) is 21.8. The van der Waals surface area contributed by atoms with Crippen LogP contribution in [0.4, 0.5) is 0 Å². The minimum atomic E-state index is -2.98. The van der Waals surface area contributed by atoms with Crippen molar-refractivity contribution in [2.24, 2.45) is 0 Å². The zero-order valence-corrected chi connectivity index (χ0v) is 11.8. The van der Waals surface area contributed by atoms with Crippen LogP contribution in [-0.4, -0.2) is 46.6 Å². The monoisotopic (exact) mass is 300 g/mol. The second-order valence-corrected chi connectivity index (χ2v) is 7.05. The van der Waals surface area contributed by atoms with Gasteiger partial charge in [0.2, 0.25) is 5.88 Å². The van der Waals surface area contributed by atoms with Crippen molar-refractivity contribution in [3.8, 4) is 5.88 Å². The summed E-state index contributed by atoms with van der Waals surface area (Å²) in [5.74, 6) is 0.685. The molecular weight excluding hydrogens is 288 g/mol. The van der Waals surface area contributed by atoms with Crippen molar-refractivity contribution in [2.75, 3.05) is 18.6 Å². The molecule has 1 atom stereocenters. The number of hydrogen-bond donors (Lipinski definition) is 1. The molecule has 1 fully saturated rings. The molecular formula is C10H12N4O3S2. The molecule has 19 heavy (non-hydrogen) atoms. The van der Waals surface area contributed by atoms with Crippen LogP contribution < -0.4 is 4.74 Å². The number of nitrogens with one attached hydrogen (secondary N) is 1. The van der Waals surface area contributed by atoms with E-state index in [1.54, 1.807) is 4.57 Å². The summed E-state index contributed by atoms with van der Waals surface area (Å²) >= 11 is 5.26. The van der Waals surface area contributed by atoms with Crippen molar-refractivity contribution in [3.63, 3.8) is 0 Å². The molecule has 1 unspecified atom stereocenters. The third kappa shape index (κ3) is 2.02. The van der Waals surface area contributed by atoms with Crippen LogP contribution in [0.3, 0.4) is 0 Å². The van der Waals surface area contributed by atoms with Crippen LogP contribution in [0.2, 0.25) is 0 Å². The standard InChI is InChI=1S/C10H12N4O3S2/c1-17-9-7-8(11-5-12-9)14(10(18)13-7)6-2-3-19(15,16)4-6/h5-6H,2-4H2,1H3,(H,13,18). The molecule has 1 N–H and O–H groups in total. The van der Waals surface area contributed by atoms with Crippen molar-refractivity contribution < 1.29 is 13.2 Å².